The molecule has 0 aromatic carbocycles. The second-order valence-corrected chi connectivity index (χ2v) is 9.37. The molecule has 1 rings (SSSR count). The molecule has 0 bridgehead atoms. The van der Waals surface area contributed by atoms with Gasteiger partial charge in [0.15, 0.2) is 0 Å². The summed E-state index contributed by atoms with van der Waals surface area (Å²) < 4.78 is 0. The van der Waals surface area contributed by atoms with Crippen LogP contribution in [-0.2, 0) is 14.7 Å². The van der Waals surface area contributed by atoms with Gasteiger partial charge in [-0.05, 0) is 5.57 Å². The zero-order chi connectivity index (χ0) is 8.69. The first-order valence-corrected chi connectivity index (χ1v) is 9.29. The summed E-state index contributed by atoms with van der Waals surface area (Å²) >= 11 is -1.92. The predicted octanol–water partition coefficient (Wildman–Crippen LogP) is 3.94. The van der Waals surface area contributed by atoms with E-state index in [-0.39, 0.29) is 0 Å². The first-order valence-electron chi connectivity index (χ1n) is 2.84. The molecule has 60 valence electrons. The van der Waals surface area contributed by atoms with Gasteiger partial charge in [0.1, 0.15) is 0 Å². The third-order valence-corrected chi connectivity index (χ3v) is 0.924. The average molecular weight is 245 g/mol. The van der Waals surface area contributed by atoms with Crippen LogP contribution < -0.4 is 0 Å². The van der Waals surface area contributed by atoms with Gasteiger partial charge in [0.25, 0.3) is 0 Å². The van der Waals surface area contributed by atoms with Gasteiger partial charge < -0.3 is 0 Å². The van der Waals surface area contributed by atoms with E-state index in [4.69, 9.17) is 27.9 Å². The Morgan fingerprint density at radius 2 is 1.82 bits per heavy atom. The third-order valence-electron chi connectivity index (χ3n) is 0.924. The zero-order valence-electron chi connectivity index (χ0n) is 5.73. The first-order chi connectivity index (χ1) is 5.16. The Hall–Kier alpha value is 0.804. The van der Waals surface area contributed by atoms with E-state index in [1.807, 2.05) is 30.7 Å². The molecule has 0 unspecified atom stereocenters. The molecule has 1 aliphatic rings. The third kappa shape index (κ3) is 8.71. The Balaban J connectivity index is 0.000000218. The Bertz CT molecular complexity index is 170. The number of hydrogen-bond donors (Lipinski definition) is 0. The van der Waals surface area contributed by atoms with Crippen LogP contribution >= 0.6 is 27.9 Å². The summed E-state index contributed by atoms with van der Waals surface area (Å²) in [5.41, 5.74) is 1.19. The summed E-state index contributed by atoms with van der Waals surface area (Å²) in [5.74, 6) is 0. The number of allylic oxidation sites excluding steroid dienone is 5. The van der Waals surface area contributed by atoms with Crippen LogP contribution in [0.25, 0.3) is 0 Å². The number of hydrogen-bond acceptors (Lipinski definition) is 0. The molecule has 0 atom stereocenters. The van der Waals surface area contributed by atoms with Crippen molar-refractivity contribution < 1.29 is 14.7 Å². The summed E-state index contributed by atoms with van der Waals surface area (Å²) in [6, 6.07) is 0. The molecule has 11 heavy (non-hydrogen) atoms. The second kappa shape index (κ2) is 7.45. The molecule has 0 N–H and O–H groups in total. The molecule has 0 spiro atoms. The molecule has 1 aliphatic carbocycles. The van der Waals surface area contributed by atoms with Crippen LogP contribution in [-0.4, -0.2) is 0 Å². The zero-order valence-corrected chi connectivity index (χ0v) is 9.56. The average Bonchev–Trinajstić information content (AvgIpc) is 2.36. The summed E-state index contributed by atoms with van der Waals surface area (Å²) in [6.07, 6.45) is 9.87. The van der Waals surface area contributed by atoms with Gasteiger partial charge in [-0.25, -0.2) is 0 Å². The van der Waals surface area contributed by atoms with Gasteiger partial charge in [-0.3, -0.25) is 0 Å². The molecule has 0 nitrogen and oxygen atoms in total. The van der Waals surface area contributed by atoms with Crippen molar-refractivity contribution in [2.45, 2.75) is 0 Å². The Morgan fingerprint density at radius 3 is 2.00 bits per heavy atom. The normalized spacial score (nSPS) is 13.2. The molecule has 0 fully saturated rings. The van der Waals surface area contributed by atoms with Gasteiger partial charge in [0, 0.05) is 6.42 Å². The van der Waals surface area contributed by atoms with Crippen molar-refractivity contribution in [3.8, 4) is 0 Å². The van der Waals surface area contributed by atoms with E-state index in [9.17, 15) is 0 Å². The van der Waals surface area contributed by atoms with E-state index in [2.05, 4.69) is 6.58 Å². The van der Waals surface area contributed by atoms with Crippen LogP contribution in [0.4, 0.5) is 0 Å². The van der Waals surface area contributed by atoms with E-state index in [1.54, 1.807) is 0 Å². The molecule has 0 saturated heterocycles. The van der Waals surface area contributed by atoms with E-state index in [0.717, 1.165) is 0 Å². The van der Waals surface area contributed by atoms with E-state index in [1.165, 1.54) is 5.57 Å². The quantitative estimate of drug-likeness (QED) is 0.614. The van der Waals surface area contributed by atoms with Gasteiger partial charge in [0.05, 0.1) is 0 Å². The Labute approximate surface area is 85.0 Å². The number of rotatable bonds is 1. The van der Waals surface area contributed by atoms with Crippen LogP contribution in [0.5, 0.6) is 0 Å². The standard InChI is InChI=1S/C7H7.3ClH.Ti/c1-2-7-5-3-4-6-7;;;;/h2-6H,1H2;3*1H;/q;;;;+3/p-3. The van der Waals surface area contributed by atoms with Gasteiger partial charge in [-0.2, -0.15) is 0 Å². The fraction of sp³-hybridized carbons (Fsp3) is 0. The molecular formula is C7H7Cl3Ti. The van der Waals surface area contributed by atoms with Crippen LogP contribution in [0.3, 0.4) is 0 Å². The maximum absolute atomic E-state index is 4.97. The van der Waals surface area contributed by atoms with Gasteiger partial charge in [-0.1, -0.05) is 30.9 Å². The van der Waals surface area contributed by atoms with Crippen molar-refractivity contribution in [1.82, 2.24) is 0 Å². The van der Waals surface area contributed by atoms with E-state index >= 15 is 0 Å². The minimum atomic E-state index is -1.92. The summed E-state index contributed by atoms with van der Waals surface area (Å²) in [4.78, 5) is 0. The van der Waals surface area contributed by atoms with Gasteiger partial charge >= 0.3 is 42.6 Å². The minimum absolute atomic E-state index is 1.19. The van der Waals surface area contributed by atoms with Crippen molar-refractivity contribution >= 4 is 27.9 Å². The SMILES string of the molecule is C=CC1=CC=C[CH]1.[Cl][Ti]([Cl])[Cl]. The van der Waals surface area contributed by atoms with Gasteiger partial charge in [-0.15, -0.1) is 0 Å². The Morgan fingerprint density at radius 1 is 1.27 bits per heavy atom. The fourth-order valence-electron chi connectivity index (χ4n) is 0.525. The predicted molar refractivity (Wildman–Crippen MR) is 49.3 cm³/mol. The summed E-state index contributed by atoms with van der Waals surface area (Å²) in [7, 11) is 14.9. The second-order valence-electron chi connectivity index (χ2n) is 1.64. The molecule has 0 aromatic rings. The molecular weight excluding hydrogens is 238 g/mol. The van der Waals surface area contributed by atoms with Crippen LogP contribution in [0.2, 0.25) is 0 Å². The van der Waals surface area contributed by atoms with Crippen LogP contribution in [0.15, 0.2) is 36.5 Å². The molecule has 0 heterocycles. The molecule has 1 radical (unpaired) electrons. The van der Waals surface area contributed by atoms with Crippen molar-refractivity contribution in [2.24, 2.45) is 0 Å². The molecule has 0 aromatic heterocycles. The number of halogens is 3. The topological polar surface area (TPSA) is 0 Å². The summed E-state index contributed by atoms with van der Waals surface area (Å²) in [6.45, 7) is 3.60. The molecule has 0 saturated carbocycles. The molecule has 0 aliphatic heterocycles. The molecule has 0 amide bonds. The van der Waals surface area contributed by atoms with Crippen molar-refractivity contribution in [3.63, 3.8) is 0 Å². The Kier molecular flexibility index (Phi) is 8.00. The van der Waals surface area contributed by atoms with Crippen molar-refractivity contribution in [2.75, 3.05) is 0 Å². The van der Waals surface area contributed by atoms with Crippen molar-refractivity contribution in [3.05, 3.63) is 42.9 Å². The van der Waals surface area contributed by atoms with E-state index < -0.39 is 14.7 Å². The monoisotopic (exact) mass is 244 g/mol. The van der Waals surface area contributed by atoms with Gasteiger partial charge in [0.2, 0.25) is 0 Å². The van der Waals surface area contributed by atoms with Crippen LogP contribution in [0, 0.1) is 6.42 Å². The van der Waals surface area contributed by atoms with E-state index in [0.29, 0.717) is 0 Å². The summed E-state index contributed by atoms with van der Waals surface area (Å²) in [5, 5.41) is 0. The van der Waals surface area contributed by atoms with Crippen LogP contribution in [0.1, 0.15) is 0 Å². The maximum atomic E-state index is 4.97. The molecule has 4 heteroatoms. The van der Waals surface area contributed by atoms with Crippen molar-refractivity contribution in [1.29, 1.82) is 0 Å². The first kappa shape index (κ1) is 11.8. The fourth-order valence-corrected chi connectivity index (χ4v) is 0.525.